The van der Waals surface area contributed by atoms with Gasteiger partial charge in [-0.1, -0.05) is 6.58 Å². The summed E-state index contributed by atoms with van der Waals surface area (Å²) in [6.45, 7) is 19.2. The van der Waals surface area contributed by atoms with Crippen LogP contribution in [0.3, 0.4) is 0 Å². The van der Waals surface area contributed by atoms with Crippen LogP contribution in [0.25, 0.3) is 10.9 Å². The number of fused-ring (bicyclic) bond motifs is 5. The molecule has 0 saturated heterocycles. The third-order valence-corrected chi connectivity index (χ3v) is 8.20. The molecule has 1 spiro atoms. The molecular weight excluding hydrogens is 588 g/mol. The molecule has 244 valence electrons. The van der Waals surface area contributed by atoms with Gasteiger partial charge in [-0.25, -0.2) is 28.6 Å². The van der Waals surface area contributed by atoms with E-state index in [2.05, 4.69) is 6.58 Å². The minimum atomic E-state index is -0.839. The van der Waals surface area contributed by atoms with E-state index in [1.165, 1.54) is 4.90 Å². The van der Waals surface area contributed by atoms with Crippen molar-refractivity contribution in [2.45, 2.75) is 91.3 Å². The van der Waals surface area contributed by atoms with Gasteiger partial charge in [0.25, 0.3) is 0 Å². The Bertz CT molecular complexity index is 1770. The lowest BCUT2D eigenvalue weighted by Crippen LogP contribution is -2.40. The highest BCUT2D eigenvalue weighted by Crippen LogP contribution is 2.55. The van der Waals surface area contributed by atoms with E-state index in [0.717, 1.165) is 16.8 Å². The van der Waals surface area contributed by atoms with Gasteiger partial charge in [0.2, 0.25) is 0 Å². The van der Waals surface area contributed by atoms with Gasteiger partial charge in [0.15, 0.2) is 0 Å². The van der Waals surface area contributed by atoms with E-state index in [4.69, 9.17) is 18.9 Å². The van der Waals surface area contributed by atoms with Crippen LogP contribution in [0.1, 0.15) is 99.3 Å². The first-order valence-electron chi connectivity index (χ1n) is 15.6. The first kappa shape index (κ1) is 32.8. The molecular formula is C36H42N2O8. The summed E-state index contributed by atoms with van der Waals surface area (Å²) in [4.78, 5) is 54.5. The number of aromatic nitrogens is 1. The number of hydrogen-bond donors (Lipinski definition) is 0. The van der Waals surface area contributed by atoms with Crippen LogP contribution in [-0.4, -0.2) is 53.1 Å². The topological polar surface area (TPSA) is 113 Å². The molecule has 1 unspecified atom stereocenters. The summed E-state index contributed by atoms with van der Waals surface area (Å²) in [6, 6.07) is 10.2. The Labute approximate surface area is 269 Å². The quantitative estimate of drug-likeness (QED) is 0.215. The number of ether oxygens (including phenoxy) is 4. The number of carbonyl (C=O) groups is 4. The predicted octanol–water partition coefficient (Wildman–Crippen LogP) is 7.47. The molecule has 1 atom stereocenters. The molecule has 1 aromatic heterocycles. The molecule has 2 aromatic carbocycles. The van der Waals surface area contributed by atoms with Gasteiger partial charge >= 0.3 is 24.1 Å². The maximum atomic E-state index is 13.7. The molecule has 3 aromatic rings. The molecule has 0 radical (unpaired) electrons. The zero-order valence-electron chi connectivity index (χ0n) is 27.9. The molecule has 0 fully saturated rings. The van der Waals surface area contributed by atoms with Gasteiger partial charge in [-0.2, -0.15) is 0 Å². The summed E-state index contributed by atoms with van der Waals surface area (Å²) in [5.41, 5.74) is 2.34. The lowest BCUT2D eigenvalue weighted by atomic mass is 9.67. The lowest BCUT2D eigenvalue weighted by Gasteiger charge is -2.37. The van der Waals surface area contributed by atoms with Crippen molar-refractivity contribution in [3.8, 4) is 0 Å². The minimum Gasteiger partial charge on any atom is -0.462 e. The van der Waals surface area contributed by atoms with Crippen molar-refractivity contribution in [1.29, 1.82) is 0 Å². The first-order valence-corrected chi connectivity index (χ1v) is 15.6. The third kappa shape index (κ3) is 5.76. The number of nitrogens with zero attached hydrogens (tertiary/aromatic N) is 2. The fraction of sp³-hybridized carbons (Fsp3) is 0.444. The number of esters is 2. The van der Waals surface area contributed by atoms with Crippen LogP contribution in [0.4, 0.5) is 15.3 Å². The highest BCUT2D eigenvalue weighted by atomic mass is 16.6. The van der Waals surface area contributed by atoms with E-state index in [0.29, 0.717) is 52.7 Å². The number of rotatable bonds is 4. The zero-order valence-corrected chi connectivity index (χ0v) is 27.9. The SMILES string of the molecule is C=C1N(C(=O)OC(C)(C)C)c2ccc(C(=O)OCC)cc2C12CCc1c(c3cc(C(=O)OCC)ccc3n1C(=O)OC(C)(C)C)C2. The highest BCUT2D eigenvalue weighted by molar-refractivity contribution is 6.01. The van der Waals surface area contributed by atoms with Crippen LogP contribution >= 0.6 is 0 Å². The van der Waals surface area contributed by atoms with E-state index in [1.54, 1.807) is 75.6 Å². The van der Waals surface area contributed by atoms with Crippen molar-refractivity contribution in [1.82, 2.24) is 4.57 Å². The van der Waals surface area contributed by atoms with E-state index >= 15 is 0 Å². The van der Waals surface area contributed by atoms with Gasteiger partial charge in [0, 0.05) is 22.2 Å². The van der Waals surface area contributed by atoms with Crippen molar-refractivity contribution < 1.29 is 38.1 Å². The summed E-state index contributed by atoms with van der Waals surface area (Å²) in [5, 5.41) is 0.692. The Kier molecular flexibility index (Phi) is 8.30. The molecule has 1 aliphatic carbocycles. The second kappa shape index (κ2) is 11.6. The molecule has 2 aliphatic rings. The van der Waals surface area contributed by atoms with Crippen LogP contribution in [-0.2, 0) is 37.2 Å². The summed E-state index contributed by atoms with van der Waals surface area (Å²) in [6.07, 6.45) is 0.122. The fourth-order valence-corrected chi connectivity index (χ4v) is 6.41. The van der Waals surface area contributed by atoms with Gasteiger partial charge in [-0.05, 0) is 122 Å². The largest absolute Gasteiger partial charge is 0.462 e. The number of carbonyl (C=O) groups excluding carboxylic acids is 4. The molecule has 0 N–H and O–H groups in total. The Balaban J connectivity index is 1.72. The fourth-order valence-electron chi connectivity index (χ4n) is 6.41. The molecule has 2 heterocycles. The molecule has 1 aliphatic heterocycles. The average Bonchev–Trinajstić information content (AvgIpc) is 3.40. The number of allylic oxidation sites excluding steroid dienone is 1. The second-order valence-corrected chi connectivity index (χ2v) is 13.7. The molecule has 46 heavy (non-hydrogen) atoms. The molecule has 0 saturated carbocycles. The summed E-state index contributed by atoms with van der Waals surface area (Å²) in [5.74, 6) is -0.946. The summed E-state index contributed by atoms with van der Waals surface area (Å²) in [7, 11) is 0. The normalized spacial score (nSPS) is 17.5. The molecule has 0 bridgehead atoms. The van der Waals surface area contributed by atoms with Crippen molar-refractivity contribution in [3.63, 3.8) is 0 Å². The van der Waals surface area contributed by atoms with Gasteiger partial charge in [0.05, 0.1) is 35.5 Å². The van der Waals surface area contributed by atoms with Crippen molar-refractivity contribution in [3.05, 3.63) is 76.6 Å². The van der Waals surface area contributed by atoms with Crippen molar-refractivity contribution in [2.75, 3.05) is 18.1 Å². The van der Waals surface area contributed by atoms with Crippen molar-refractivity contribution in [2.24, 2.45) is 0 Å². The molecule has 10 heteroatoms. The summed E-state index contributed by atoms with van der Waals surface area (Å²) >= 11 is 0. The Morgan fingerprint density at radius 2 is 1.39 bits per heavy atom. The van der Waals surface area contributed by atoms with Crippen LogP contribution in [0.5, 0.6) is 0 Å². The minimum absolute atomic E-state index is 0.216. The molecule has 5 rings (SSSR count). The Hall–Kier alpha value is -4.60. The Morgan fingerprint density at radius 1 is 0.826 bits per heavy atom. The number of benzene rings is 2. The van der Waals surface area contributed by atoms with Crippen molar-refractivity contribution >= 4 is 40.7 Å². The van der Waals surface area contributed by atoms with Crippen LogP contribution < -0.4 is 4.90 Å². The molecule has 1 amide bonds. The second-order valence-electron chi connectivity index (χ2n) is 13.7. The first-order chi connectivity index (χ1) is 21.5. The van der Waals surface area contributed by atoms with E-state index in [-0.39, 0.29) is 13.2 Å². The van der Waals surface area contributed by atoms with Gasteiger partial charge < -0.3 is 18.9 Å². The highest BCUT2D eigenvalue weighted by Gasteiger charge is 2.52. The van der Waals surface area contributed by atoms with Gasteiger partial charge in [-0.15, -0.1) is 0 Å². The standard InChI is InChI=1S/C36H42N2O8/c1-10-43-30(39)22-12-14-27-24(18-22)25-20-36(17-16-28(25)38(27)33(42)46-35(7,8)9)21(3)37(32(41)45-34(4,5)6)29-15-13-23(19-26(29)36)31(40)44-11-2/h12-15,18-19H,3,10-11,16-17,20H2,1-2,4-9H3. The monoisotopic (exact) mass is 630 g/mol. The zero-order chi connectivity index (χ0) is 33.8. The number of anilines is 1. The van der Waals surface area contributed by atoms with E-state index < -0.39 is 40.7 Å². The third-order valence-electron chi connectivity index (χ3n) is 8.20. The number of amides is 1. The maximum Gasteiger partial charge on any atom is 0.419 e. The van der Waals surface area contributed by atoms with E-state index in [9.17, 15) is 19.2 Å². The Morgan fingerprint density at radius 3 is 1.98 bits per heavy atom. The predicted molar refractivity (Wildman–Crippen MR) is 173 cm³/mol. The number of hydrogen-bond acceptors (Lipinski definition) is 8. The smallest absolute Gasteiger partial charge is 0.419 e. The van der Waals surface area contributed by atoms with Crippen LogP contribution in [0.2, 0.25) is 0 Å². The lowest BCUT2D eigenvalue weighted by molar-refractivity contribution is 0.0516. The van der Waals surface area contributed by atoms with Gasteiger partial charge in [-0.3, -0.25) is 0 Å². The van der Waals surface area contributed by atoms with Crippen LogP contribution in [0, 0.1) is 0 Å². The summed E-state index contributed by atoms with van der Waals surface area (Å²) < 4.78 is 23.8. The van der Waals surface area contributed by atoms with Crippen LogP contribution in [0.15, 0.2) is 48.7 Å². The van der Waals surface area contributed by atoms with Gasteiger partial charge in [0.1, 0.15) is 11.2 Å². The molecule has 10 nitrogen and oxygen atoms in total. The van der Waals surface area contributed by atoms with E-state index in [1.807, 2.05) is 20.8 Å². The average molecular weight is 631 g/mol. The maximum absolute atomic E-state index is 13.7.